The maximum Gasteiger partial charge on any atom is 0.243 e. The maximum atomic E-state index is 13.0. The van der Waals surface area contributed by atoms with Crippen molar-refractivity contribution < 1.29 is 8.42 Å². The molecule has 2 aromatic rings. The summed E-state index contributed by atoms with van der Waals surface area (Å²) in [5.41, 5.74) is 0. The Kier molecular flexibility index (Phi) is 3.66. The van der Waals surface area contributed by atoms with Crippen LogP contribution in [0.1, 0.15) is 31.7 Å². The van der Waals surface area contributed by atoms with Gasteiger partial charge in [0.2, 0.25) is 10.0 Å². The molecule has 0 aliphatic carbocycles. The molecule has 1 aromatic carbocycles. The van der Waals surface area contributed by atoms with E-state index in [2.05, 4.69) is 10.3 Å². The van der Waals surface area contributed by atoms with E-state index in [1.165, 1.54) is 6.07 Å². The number of benzene rings is 1. The third-order valence-corrected chi connectivity index (χ3v) is 7.06. The molecule has 2 unspecified atom stereocenters. The molecule has 2 aliphatic heterocycles. The molecule has 0 amide bonds. The summed E-state index contributed by atoms with van der Waals surface area (Å²) >= 11 is 5.97. The van der Waals surface area contributed by atoms with Gasteiger partial charge in [0.15, 0.2) is 0 Å². The van der Waals surface area contributed by atoms with Crippen LogP contribution >= 0.6 is 11.6 Å². The monoisotopic (exact) mass is 352 g/mol. The van der Waals surface area contributed by atoms with E-state index in [9.17, 15) is 8.42 Å². The summed E-state index contributed by atoms with van der Waals surface area (Å²) in [5, 5.41) is 8.37. The van der Waals surface area contributed by atoms with Crippen LogP contribution in [0.5, 0.6) is 0 Å². The molecule has 4 rings (SSSR count). The largest absolute Gasteiger partial charge is 0.249 e. The van der Waals surface area contributed by atoms with Gasteiger partial charge in [0.1, 0.15) is 0 Å². The van der Waals surface area contributed by atoms with Crippen LogP contribution in [0.15, 0.2) is 41.6 Å². The van der Waals surface area contributed by atoms with Crippen molar-refractivity contribution >= 4 is 21.6 Å². The van der Waals surface area contributed by atoms with Crippen molar-refractivity contribution in [1.82, 2.24) is 19.3 Å². The number of aromatic nitrogens is 3. The van der Waals surface area contributed by atoms with Crippen LogP contribution in [0.3, 0.4) is 0 Å². The first-order valence-corrected chi connectivity index (χ1v) is 9.52. The average Bonchev–Trinajstić information content (AvgIpc) is 3.14. The molecule has 23 heavy (non-hydrogen) atoms. The van der Waals surface area contributed by atoms with Crippen LogP contribution in [0.25, 0.3) is 0 Å². The number of fused-ring (bicyclic) bond motifs is 2. The Morgan fingerprint density at radius 1 is 1.13 bits per heavy atom. The summed E-state index contributed by atoms with van der Waals surface area (Å²) in [5.74, 6) is 0. The lowest BCUT2D eigenvalue weighted by atomic mass is 10.00. The van der Waals surface area contributed by atoms with Crippen LogP contribution in [-0.4, -0.2) is 39.8 Å². The van der Waals surface area contributed by atoms with Crippen molar-refractivity contribution in [1.29, 1.82) is 0 Å². The number of hydrogen-bond acceptors (Lipinski definition) is 4. The van der Waals surface area contributed by atoms with Crippen molar-refractivity contribution in [2.45, 2.75) is 48.7 Å². The Hall–Kier alpha value is -1.44. The first-order valence-electron chi connectivity index (χ1n) is 7.70. The van der Waals surface area contributed by atoms with Gasteiger partial charge < -0.3 is 0 Å². The smallest absolute Gasteiger partial charge is 0.243 e. The van der Waals surface area contributed by atoms with E-state index in [1.54, 1.807) is 28.7 Å². The molecule has 0 saturated carbocycles. The number of sulfonamides is 1. The molecular formula is C15H17ClN4O2S. The molecule has 3 heterocycles. The van der Waals surface area contributed by atoms with E-state index in [1.807, 2.05) is 10.9 Å². The average molecular weight is 353 g/mol. The molecule has 2 bridgehead atoms. The van der Waals surface area contributed by atoms with Crippen molar-refractivity contribution in [3.05, 3.63) is 41.7 Å². The van der Waals surface area contributed by atoms with Crippen LogP contribution in [0, 0.1) is 0 Å². The number of rotatable bonds is 3. The minimum absolute atomic E-state index is 0.0203. The Morgan fingerprint density at radius 2 is 1.87 bits per heavy atom. The number of piperidine rings is 1. The molecular weight excluding hydrogens is 336 g/mol. The number of nitrogens with zero attached hydrogens (tertiary/aromatic N) is 4. The highest BCUT2D eigenvalue weighted by atomic mass is 35.5. The van der Waals surface area contributed by atoms with Crippen LogP contribution < -0.4 is 0 Å². The normalized spacial score (nSPS) is 28.1. The van der Waals surface area contributed by atoms with E-state index in [0.717, 1.165) is 25.7 Å². The van der Waals surface area contributed by atoms with E-state index < -0.39 is 10.0 Å². The summed E-state index contributed by atoms with van der Waals surface area (Å²) in [6.07, 6.45) is 6.87. The SMILES string of the molecule is O=S(=O)(c1cccc(Cl)c1)N1C2CCC1CC(n1ccnn1)C2. The molecule has 8 heteroatoms. The van der Waals surface area contributed by atoms with E-state index >= 15 is 0 Å². The molecule has 1 aromatic heterocycles. The van der Waals surface area contributed by atoms with Crippen molar-refractivity contribution in [3.8, 4) is 0 Å². The van der Waals surface area contributed by atoms with Gasteiger partial charge in [-0.3, -0.25) is 0 Å². The highest BCUT2D eigenvalue weighted by molar-refractivity contribution is 7.89. The Balaban J connectivity index is 1.64. The zero-order valence-electron chi connectivity index (χ0n) is 12.4. The predicted molar refractivity (Wildman–Crippen MR) is 85.6 cm³/mol. The second-order valence-corrected chi connectivity index (χ2v) is 8.47. The Bertz CT molecular complexity index is 795. The summed E-state index contributed by atoms with van der Waals surface area (Å²) in [6, 6.07) is 6.77. The fourth-order valence-electron chi connectivity index (χ4n) is 3.88. The standard InChI is InChI=1S/C15H17ClN4O2S/c16-11-2-1-3-15(8-11)23(21,22)20-12-4-5-13(20)10-14(9-12)19-7-6-17-18-19/h1-3,6-8,12-14H,4-5,9-10H2. The van der Waals surface area contributed by atoms with Gasteiger partial charge in [-0.15, -0.1) is 5.10 Å². The highest BCUT2D eigenvalue weighted by Crippen LogP contribution is 2.43. The van der Waals surface area contributed by atoms with Gasteiger partial charge in [0, 0.05) is 23.3 Å². The summed E-state index contributed by atoms with van der Waals surface area (Å²) in [7, 11) is -3.51. The van der Waals surface area contributed by atoms with Gasteiger partial charge in [-0.25, -0.2) is 13.1 Å². The van der Waals surface area contributed by atoms with Gasteiger partial charge in [0.05, 0.1) is 17.1 Å². The first-order chi connectivity index (χ1) is 11.1. The van der Waals surface area contributed by atoms with Gasteiger partial charge in [0.25, 0.3) is 0 Å². The van der Waals surface area contributed by atoms with Crippen molar-refractivity contribution in [2.24, 2.45) is 0 Å². The molecule has 122 valence electrons. The van der Waals surface area contributed by atoms with Crippen molar-refractivity contribution in [3.63, 3.8) is 0 Å². The fraction of sp³-hybridized carbons (Fsp3) is 0.467. The number of hydrogen-bond donors (Lipinski definition) is 0. The third kappa shape index (κ3) is 2.56. The van der Waals surface area contributed by atoms with Gasteiger partial charge in [-0.1, -0.05) is 22.9 Å². The lowest BCUT2D eigenvalue weighted by molar-refractivity contribution is 0.183. The summed E-state index contributed by atoms with van der Waals surface area (Å²) in [6.45, 7) is 0. The molecule has 2 fully saturated rings. The van der Waals surface area contributed by atoms with E-state index in [-0.39, 0.29) is 23.0 Å². The maximum absolute atomic E-state index is 13.0. The third-order valence-electron chi connectivity index (χ3n) is 4.83. The lowest BCUT2D eigenvalue weighted by Gasteiger charge is -2.37. The van der Waals surface area contributed by atoms with Gasteiger partial charge >= 0.3 is 0 Å². The molecule has 0 spiro atoms. The second kappa shape index (κ2) is 5.58. The Morgan fingerprint density at radius 3 is 2.48 bits per heavy atom. The molecule has 6 nitrogen and oxygen atoms in total. The van der Waals surface area contributed by atoms with E-state index in [4.69, 9.17) is 11.6 Å². The zero-order valence-corrected chi connectivity index (χ0v) is 14.0. The molecule has 2 aliphatic rings. The minimum Gasteiger partial charge on any atom is -0.249 e. The highest BCUT2D eigenvalue weighted by Gasteiger charge is 2.47. The van der Waals surface area contributed by atoms with Crippen LogP contribution in [0.4, 0.5) is 0 Å². The molecule has 2 atom stereocenters. The second-order valence-electron chi connectivity index (χ2n) is 6.19. The van der Waals surface area contributed by atoms with E-state index in [0.29, 0.717) is 5.02 Å². The van der Waals surface area contributed by atoms with Crippen LogP contribution in [0.2, 0.25) is 5.02 Å². The minimum atomic E-state index is -3.51. The zero-order chi connectivity index (χ0) is 16.0. The van der Waals surface area contributed by atoms with Gasteiger partial charge in [-0.2, -0.15) is 4.31 Å². The van der Waals surface area contributed by atoms with Gasteiger partial charge in [-0.05, 0) is 43.9 Å². The fourth-order valence-corrected chi connectivity index (χ4v) is 6.07. The molecule has 0 radical (unpaired) electrons. The molecule has 2 saturated heterocycles. The Labute approximate surface area is 140 Å². The lowest BCUT2D eigenvalue weighted by Crippen LogP contribution is -2.46. The topological polar surface area (TPSA) is 68.1 Å². The quantitative estimate of drug-likeness (QED) is 0.851. The summed E-state index contributed by atoms with van der Waals surface area (Å²) < 4.78 is 29.6. The summed E-state index contributed by atoms with van der Waals surface area (Å²) in [4.78, 5) is 0.279. The van der Waals surface area contributed by atoms with Crippen LogP contribution in [-0.2, 0) is 10.0 Å². The predicted octanol–water partition coefficient (Wildman–Crippen LogP) is 2.49. The molecule has 0 N–H and O–H groups in total. The number of halogens is 1. The first kappa shape index (κ1) is 15.1. The van der Waals surface area contributed by atoms with Crippen molar-refractivity contribution in [2.75, 3.05) is 0 Å².